The maximum Gasteiger partial charge on any atom is 0.223 e. The Morgan fingerprint density at radius 2 is 2.06 bits per heavy atom. The largest absolute Gasteiger partial charge is 0.313 e. The Kier molecular flexibility index (Phi) is 5.98. The van der Waals surface area contributed by atoms with Gasteiger partial charge >= 0.3 is 0 Å². The van der Waals surface area contributed by atoms with Crippen molar-refractivity contribution in [3.63, 3.8) is 0 Å². The molecule has 92 valence electrons. The lowest BCUT2D eigenvalue weighted by Gasteiger charge is -2.21. The Morgan fingerprint density at radius 1 is 1.41 bits per heavy atom. The number of amides is 1. The summed E-state index contributed by atoms with van der Waals surface area (Å²) >= 11 is 3.41. The summed E-state index contributed by atoms with van der Waals surface area (Å²) in [5.74, 6) is 0.0839. The van der Waals surface area contributed by atoms with Crippen LogP contribution in [0, 0.1) is 0 Å². The molecule has 0 spiro atoms. The third-order valence-corrected chi connectivity index (χ3v) is 3.22. The van der Waals surface area contributed by atoms with Crippen LogP contribution in [0.4, 0.5) is 5.69 Å². The van der Waals surface area contributed by atoms with E-state index in [4.69, 9.17) is 0 Å². The van der Waals surface area contributed by atoms with Gasteiger partial charge in [0.2, 0.25) is 5.91 Å². The van der Waals surface area contributed by atoms with Crippen LogP contribution in [0.2, 0.25) is 0 Å². The zero-order chi connectivity index (χ0) is 12.7. The van der Waals surface area contributed by atoms with Crippen LogP contribution in [0.1, 0.15) is 25.3 Å². The summed E-state index contributed by atoms with van der Waals surface area (Å²) in [6.07, 6.45) is 3.76. The molecule has 0 saturated carbocycles. The molecule has 2 nitrogen and oxygen atoms in total. The Morgan fingerprint density at radius 3 is 2.53 bits per heavy atom. The molecule has 0 aliphatic heterocycles. The van der Waals surface area contributed by atoms with Gasteiger partial charge in [0.25, 0.3) is 0 Å². The van der Waals surface area contributed by atoms with Crippen LogP contribution in [-0.4, -0.2) is 12.5 Å². The Hall–Kier alpha value is -1.09. The highest BCUT2D eigenvalue weighted by Gasteiger charge is 2.10. The average molecular weight is 296 g/mol. The van der Waals surface area contributed by atoms with Crippen molar-refractivity contribution in [1.82, 2.24) is 0 Å². The quantitative estimate of drug-likeness (QED) is 0.443. The molecule has 0 atom stereocenters. The van der Waals surface area contributed by atoms with E-state index in [-0.39, 0.29) is 5.91 Å². The molecule has 0 N–H and O–H groups in total. The number of hydrogen-bond donors (Lipinski definition) is 0. The van der Waals surface area contributed by atoms with Crippen LogP contribution < -0.4 is 4.90 Å². The highest BCUT2D eigenvalue weighted by Crippen LogP contribution is 2.17. The number of unbranched alkanes of at least 4 members (excludes halogenated alkanes) is 1. The van der Waals surface area contributed by atoms with Gasteiger partial charge in [0.15, 0.2) is 0 Å². The van der Waals surface area contributed by atoms with E-state index < -0.39 is 0 Å². The average Bonchev–Trinajstić information content (AvgIpc) is 2.34. The van der Waals surface area contributed by atoms with Crippen LogP contribution in [0.5, 0.6) is 0 Å². The first kappa shape index (κ1) is 14.0. The molecule has 1 aromatic rings. The predicted octanol–water partition coefficient (Wildman–Crippen LogP) is 3.90. The summed E-state index contributed by atoms with van der Waals surface area (Å²) in [5.41, 5.74) is 2.18. The molecular weight excluding hydrogens is 278 g/mol. The van der Waals surface area contributed by atoms with E-state index in [0.717, 1.165) is 30.4 Å². The number of anilines is 1. The molecule has 0 aliphatic rings. The lowest BCUT2D eigenvalue weighted by molar-refractivity contribution is -0.116. The molecule has 0 unspecified atom stereocenters. The van der Waals surface area contributed by atoms with Crippen molar-refractivity contribution in [3.8, 4) is 0 Å². The number of nitrogens with zero attached hydrogens (tertiary/aromatic N) is 1. The Bertz CT molecular complexity index is 372. The molecule has 1 amide bonds. The summed E-state index contributed by atoms with van der Waals surface area (Å²) in [7, 11) is 0. The Labute approximate surface area is 111 Å². The molecule has 3 heteroatoms. The van der Waals surface area contributed by atoms with Crippen molar-refractivity contribution >= 4 is 27.5 Å². The highest BCUT2D eigenvalue weighted by molar-refractivity contribution is 9.08. The summed E-state index contributed by atoms with van der Waals surface area (Å²) in [6, 6.07) is 8.05. The standard InChI is InChI=1S/C14H18BrNO/c1-3-4-5-10-16(12(2)17)14-8-6-13(11-15)7-9-14/h3,6-9H,1,4-5,10-11H2,2H3. The van der Waals surface area contributed by atoms with Gasteiger partial charge in [-0.15, -0.1) is 6.58 Å². The zero-order valence-corrected chi connectivity index (χ0v) is 11.7. The fourth-order valence-electron chi connectivity index (χ4n) is 1.63. The van der Waals surface area contributed by atoms with Gasteiger partial charge in [-0.2, -0.15) is 0 Å². The Balaban J connectivity index is 2.74. The third-order valence-electron chi connectivity index (χ3n) is 2.57. The summed E-state index contributed by atoms with van der Waals surface area (Å²) < 4.78 is 0. The topological polar surface area (TPSA) is 20.3 Å². The van der Waals surface area contributed by atoms with E-state index in [1.165, 1.54) is 5.56 Å². The highest BCUT2D eigenvalue weighted by atomic mass is 79.9. The van der Waals surface area contributed by atoms with Crippen LogP contribution in [-0.2, 0) is 10.1 Å². The molecule has 0 bridgehead atoms. The molecule has 1 aromatic carbocycles. The fraction of sp³-hybridized carbons (Fsp3) is 0.357. The van der Waals surface area contributed by atoms with Crippen molar-refractivity contribution in [3.05, 3.63) is 42.5 Å². The first-order valence-electron chi connectivity index (χ1n) is 5.73. The van der Waals surface area contributed by atoms with Gasteiger partial charge in [-0.25, -0.2) is 0 Å². The maximum atomic E-state index is 11.6. The second-order valence-electron chi connectivity index (χ2n) is 3.90. The maximum absolute atomic E-state index is 11.6. The second kappa shape index (κ2) is 7.28. The number of halogens is 1. The van der Waals surface area contributed by atoms with Gasteiger partial charge in [0, 0.05) is 24.5 Å². The second-order valence-corrected chi connectivity index (χ2v) is 4.46. The monoisotopic (exact) mass is 295 g/mol. The van der Waals surface area contributed by atoms with Crippen LogP contribution in [0.15, 0.2) is 36.9 Å². The van der Waals surface area contributed by atoms with Gasteiger partial charge in [0.1, 0.15) is 0 Å². The lowest BCUT2D eigenvalue weighted by Crippen LogP contribution is -2.29. The van der Waals surface area contributed by atoms with E-state index in [0.29, 0.717) is 0 Å². The van der Waals surface area contributed by atoms with Gasteiger partial charge in [0.05, 0.1) is 0 Å². The molecule has 0 saturated heterocycles. The van der Waals surface area contributed by atoms with Crippen molar-refractivity contribution in [1.29, 1.82) is 0 Å². The smallest absolute Gasteiger partial charge is 0.223 e. The van der Waals surface area contributed by atoms with E-state index in [1.807, 2.05) is 35.2 Å². The minimum Gasteiger partial charge on any atom is -0.313 e. The van der Waals surface area contributed by atoms with Gasteiger partial charge in [-0.3, -0.25) is 4.79 Å². The molecule has 1 rings (SSSR count). The van der Waals surface area contributed by atoms with Crippen LogP contribution >= 0.6 is 15.9 Å². The molecule has 0 aromatic heterocycles. The number of allylic oxidation sites excluding steroid dienone is 1. The number of rotatable bonds is 6. The number of alkyl halides is 1. The predicted molar refractivity (Wildman–Crippen MR) is 76.5 cm³/mol. The van der Waals surface area contributed by atoms with Crippen molar-refractivity contribution in [2.75, 3.05) is 11.4 Å². The minimum atomic E-state index is 0.0839. The number of benzene rings is 1. The zero-order valence-electron chi connectivity index (χ0n) is 10.2. The number of carbonyl (C=O) groups is 1. The molecule has 0 fully saturated rings. The van der Waals surface area contributed by atoms with Gasteiger partial charge in [-0.05, 0) is 30.5 Å². The number of hydrogen-bond acceptors (Lipinski definition) is 1. The number of carbonyl (C=O) groups excluding carboxylic acids is 1. The lowest BCUT2D eigenvalue weighted by atomic mass is 10.2. The first-order chi connectivity index (χ1) is 8.19. The molecule has 0 heterocycles. The molecule has 0 aliphatic carbocycles. The van der Waals surface area contributed by atoms with E-state index >= 15 is 0 Å². The normalized spacial score (nSPS) is 10.0. The first-order valence-corrected chi connectivity index (χ1v) is 6.85. The summed E-state index contributed by atoms with van der Waals surface area (Å²) in [4.78, 5) is 13.4. The van der Waals surface area contributed by atoms with E-state index in [9.17, 15) is 4.79 Å². The summed E-state index contributed by atoms with van der Waals surface area (Å²) in [6.45, 7) is 6.04. The fourth-order valence-corrected chi connectivity index (χ4v) is 2.00. The molecule has 17 heavy (non-hydrogen) atoms. The van der Waals surface area contributed by atoms with Crippen molar-refractivity contribution in [2.45, 2.75) is 25.1 Å². The van der Waals surface area contributed by atoms with Crippen molar-refractivity contribution in [2.24, 2.45) is 0 Å². The van der Waals surface area contributed by atoms with Crippen LogP contribution in [0.25, 0.3) is 0 Å². The third kappa shape index (κ3) is 4.35. The van der Waals surface area contributed by atoms with Crippen molar-refractivity contribution < 1.29 is 4.79 Å². The molecular formula is C14H18BrNO. The molecule has 0 radical (unpaired) electrons. The SMILES string of the molecule is C=CCCCN(C(C)=O)c1ccc(CBr)cc1. The van der Waals surface area contributed by atoms with E-state index in [2.05, 4.69) is 22.5 Å². The van der Waals surface area contributed by atoms with Gasteiger partial charge in [-0.1, -0.05) is 34.1 Å². The summed E-state index contributed by atoms with van der Waals surface area (Å²) in [5, 5.41) is 0.837. The van der Waals surface area contributed by atoms with Gasteiger partial charge < -0.3 is 4.90 Å². The van der Waals surface area contributed by atoms with E-state index in [1.54, 1.807) is 6.92 Å². The van der Waals surface area contributed by atoms with Crippen LogP contribution in [0.3, 0.4) is 0 Å². The minimum absolute atomic E-state index is 0.0839.